The van der Waals surface area contributed by atoms with Crippen LogP contribution in [0.25, 0.3) is 0 Å². The first-order valence-corrected chi connectivity index (χ1v) is 6.39. The number of amides is 1. The largest absolute Gasteiger partial charge is 0.480 e. The maximum Gasteiger partial charge on any atom is 0.323 e. The molecule has 0 bridgehead atoms. The smallest absolute Gasteiger partial charge is 0.323 e. The van der Waals surface area contributed by atoms with Crippen LogP contribution in [0.2, 0.25) is 0 Å². The van der Waals surface area contributed by atoms with Gasteiger partial charge in [0.25, 0.3) is 0 Å². The monoisotopic (exact) mass is 270 g/mol. The first-order valence-electron chi connectivity index (χ1n) is 6.39. The molecule has 1 fully saturated rings. The fourth-order valence-electron chi connectivity index (χ4n) is 2.15. The van der Waals surface area contributed by atoms with Crippen LogP contribution < -0.4 is 5.73 Å². The molecule has 1 saturated heterocycles. The molecule has 0 aromatic rings. The van der Waals surface area contributed by atoms with E-state index in [1.807, 2.05) is 11.9 Å². The molecular weight excluding hydrogens is 248 g/mol. The summed E-state index contributed by atoms with van der Waals surface area (Å²) >= 11 is 0. The molecule has 1 aliphatic heterocycles. The highest BCUT2D eigenvalue weighted by molar-refractivity contribution is 5.86. The summed E-state index contributed by atoms with van der Waals surface area (Å²) in [7, 11) is 1.89. The van der Waals surface area contributed by atoms with Gasteiger partial charge in [-0.25, -0.2) is 0 Å². The third-order valence-electron chi connectivity index (χ3n) is 3.17. The first-order chi connectivity index (χ1) is 8.91. The summed E-state index contributed by atoms with van der Waals surface area (Å²) in [6.45, 7) is 3.27. The molecule has 19 heavy (non-hydrogen) atoms. The van der Waals surface area contributed by atoms with Crippen LogP contribution >= 0.6 is 0 Å². The summed E-state index contributed by atoms with van der Waals surface area (Å²) in [6, 6.07) is -0.249. The van der Waals surface area contributed by atoms with Crippen molar-refractivity contribution in [2.75, 3.05) is 33.2 Å². The Morgan fingerprint density at radius 3 is 2.79 bits per heavy atom. The van der Waals surface area contributed by atoms with Gasteiger partial charge in [0.2, 0.25) is 5.91 Å². The van der Waals surface area contributed by atoms with Crippen LogP contribution in [0.4, 0.5) is 0 Å². The molecule has 1 amide bonds. The molecular formula is C12H22N4O3. The number of hydrogen-bond acceptors (Lipinski definition) is 4. The van der Waals surface area contributed by atoms with Crippen LogP contribution in [-0.2, 0) is 9.59 Å². The Labute approximate surface area is 113 Å². The first kappa shape index (κ1) is 15.4. The zero-order valence-corrected chi connectivity index (χ0v) is 11.5. The second-order valence-corrected chi connectivity index (χ2v) is 4.82. The van der Waals surface area contributed by atoms with E-state index in [-0.39, 0.29) is 18.5 Å². The van der Waals surface area contributed by atoms with Crippen LogP contribution in [0, 0.1) is 0 Å². The van der Waals surface area contributed by atoms with E-state index in [9.17, 15) is 9.59 Å². The van der Waals surface area contributed by atoms with Gasteiger partial charge < -0.3 is 15.7 Å². The molecule has 7 nitrogen and oxygen atoms in total. The van der Waals surface area contributed by atoms with Gasteiger partial charge in [-0.05, 0) is 26.8 Å². The zero-order valence-electron chi connectivity index (χ0n) is 11.5. The van der Waals surface area contributed by atoms with Gasteiger partial charge in [0.1, 0.15) is 6.54 Å². The van der Waals surface area contributed by atoms with Crippen LogP contribution in [0.3, 0.4) is 0 Å². The van der Waals surface area contributed by atoms with Crippen molar-refractivity contribution in [3.63, 3.8) is 0 Å². The second-order valence-electron chi connectivity index (χ2n) is 4.82. The number of carbonyl (C=O) groups is 2. The minimum absolute atomic E-state index is 0.107. The normalized spacial score (nSPS) is 21.8. The summed E-state index contributed by atoms with van der Waals surface area (Å²) < 4.78 is 0. The highest BCUT2D eigenvalue weighted by Crippen LogP contribution is 2.14. The van der Waals surface area contributed by atoms with Crippen LogP contribution in [0.5, 0.6) is 0 Å². The quantitative estimate of drug-likeness (QED) is 0.380. The highest BCUT2D eigenvalue weighted by Gasteiger charge is 2.32. The maximum atomic E-state index is 12.2. The molecule has 1 heterocycles. The van der Waals surface area contributed by atoms with E-state index >= 15 is 0 Å². The number of aliphatic imine (C=N–C) groups is 1. The van der Waals surface area contributed by atoms with E-state index in [0.29, 0.717) is 31.9 Å². The van der Waals surface area contributed by atoms with Crippen molar-refractivity contribution in [2.24, 2.45) is 10.7 Å². The minimum Gasteiger partial charge on any atom is -0.480 e. The molecule has 0 radical (unpaired) electrons. The van der Waals surface area contributed by atoms with E-state index in [1.165, 1.54) is 4.90 Å². The summed E-state index contributed by atoms with van der Waals surface area (Å²) in [4.78, 5) is 30.3. The molecule has 1 unspecified atom stereocenters. The van der Waals surface area contributed by atoms with Crippen molar-refractivity contribution >= 4 is 17.7 Å². The minimum atomic E-state index is -0.972. The number of carboxylic acid groups (broad SMARTS) is 1. The van der Waals surface area contributed by atoms with Crippen LogP contribution in [0.1, 0.15) is 19.8 Å². The standard InChI is InChI=1S/C12H22N4O3/c1-9(13)14-5-3-4-10-12(19)16(8-11(17)18)7-6-15(10)2/h10H,3-8H2,1-2H3,(H2,13,14)(H,17,18). The van der Waals surface area contributed by atoms with Crippen molar-refractivity contribution in [1.29, 1.82) is 0 Å². The number of piperazine rings is 1. The van der Waals surface area contributed by atoms with Gasteiger partial charge >= 0.3 is 5.97 Å². The van der Waals surface area contributed by atoms with Crippen molar-refractivity contribution in [2.45, 2.75) is 25.8 Å². The lowest BCUT2D eigenvalue weighted by Crippen LogP contribution is -2.56. The van der Waals surface area contributed by atoms with Gasteiger partial charge in [0, 0.05) is 19.6 Å². The summed E-state index contributed by atoms with van der Waals surface area (Å²) in [5, 5.41) is 8.77. The molecule has 0 aromatic heterocycles. The third kappa shape index (κ3) is 4.86. The Bertz CT molecular complexity index is 366. The highest BCUT2D eigenvalue weighted by atomic mass is 16.4. The van der Waals surface area contributed by atoms with E-state index in [4.69, 9.17) is 10.8 Å². The van der Waals surface area contributed by atoms with Gasteiger partial charge in [-0.3, -0.25) is 19.5 Å². The predicted octanol–water partition coefficient (Wildman–Crippen LogP) is -0.629. The van der Waals surface area contributed by atoms with Crippen LogP contribution in [0.15, 0.2) is 4.99 Å². The van der Waals surface area contributed by atoms with Crippen molar-refractivity contribution in [1.82, 2.24) is 9.80 Å². The summed E-state index contributed by atoms with van der Waals surface area (Å²) in [5.74, 6) is -0.541. The Kier molecular flexibility index (Phi) is 5.75. The van der Waals surface area contributed by atoms with Crippen molar-refractivity contribution in [3.8, 4) is 0 Å². The summed E-state index contributed by atoms with van der Waals surface area (Å²) in [5.41, 5.74) is 5.44. The number of nitrogens with zero attached hydrogens (tertiary/aromatic N) is 3. The SMILES string of the molecule is CC(N)=NCCCC1C(=O)N(CC(=O)O)CCN1C. The Morgan fingerprint density at radius 2 is 2.21 bits per heavy atom. The number of likely N-dealkylation sites (N-methyl/N-ethyl adjacent to an activating group) is 1. The lowest BCUT2D eigenvalue weighted by atomic mass is 10.1. The number of rotatable bonds is 6. The van der Waals surface area contributed by atoms with Crippen molar-refractivity contribution < 1.29 is 14.7 Å². The number of carbonyl (C=O) groups excluding carboxylic acids is 1. The zero-order chi connectivity index (χ0) is 14.4. The maximum absolute atomic E-state index is 12.2. The van der Waals surface area contributed by atoms with Crippen LogP contribution in [-0.4, -0.2) is 71.9 Å². The number of amidine groups is 1. The molecule has 0 spiro atoms. The molecule has 0 aromatic carbocycles. The molecule has 7 heteroatoms. The molecule has 1 aliphatic rings. The number of hydrogen-bond donors (Lipinski definition) is 2. The average Bonchev–Trinajstić information content (AvgIpc) is 2.31. The Balaban J connectivity index is 2.51. The number of carboxylic acids is 1. The number of nitrogens with two attached hydrogens (primary N) is 1. The Hall–Kier alpha value is -1.63. The van der Waals surface area contributed by atoms with Gasteiger partial charge in [-0.2, -0.15) is 0 Å². The lowest BCUT2D eigenvalue weighted by molar-refractivity contribution is -0.150. The second kappa shape index (κ2) is 7.08. The van der Waals surface area contributed by atoms with Gasteiger partial charge in [0.05, 0.1) is 11.9 Å². The average molecular weight is 270 g/mol. The van der Waals surface area contributed by atoms with E-state index < -0.39 is 5.97 Å². The van der Waals surface area contributed by atoms with Gasteiger partial charge in [-0.1, -0.05) is 0 Å². The molecule has 3 N–H and O–H groups in total. The molecule has 0 saturated carbocycles. The Morgan fingerprint density at radius 1 is 1.53 bits per heavy atom. The molecule has 1 atom stereocenters. The van der Waals surface area contributed by atoms with E-state index in [1.54, 1.807) is 6.92 Å². The van der Waals surface area contributed by atoms with Gasteiger partial charge in [-0.15, -0.1) is 0 Å². The predicted molar refractivity (Wildman–Crippen MR) is 72.0 cm³/mol. The topological polar surface area (TPSA) is 99.2 Å². The van der Waals surface area contributed by atoms with Crippen molar-refractivity contribution in [3.05, 3.63) is 0 Å². The molecule has 108 valence electrons. The molecule has 0 aliphatic carbocycles. The summed E-state index contributed by atoms with van der Waals surface area (Å²) in [6.07, 6.45) is 1.43. The lowest BCUT2D eigenvalue weighted by Gasteiger charge is -2.38. The van der Waals surface area contributed by atoms with Gasteiger partial charge in [0.15, 0.2) is 0 Å². The fourth-order valence-corrected chi connectivity index (χ4v) is 2.15. The number of aliphatic carboxylic acids is 1. The van der Waals surface area contributed by atoms with E-state index in [0.717, 1.165) is 6.42 Å². The van der Waals surface area contributed by atoms with E-state index in [2.05, 4.69) is 4.99 Å². The molecule has 1 rings (SSSR count). The third-order valence-corrected chi connectivity index (χ3v) is 3.17. The fraction of sp³-hybridized carbons (Fsp3) is 0.750.